The predicted molar refractivity (Wildman–Crippen MR) is 83.3 cm³/mol. The van der Waals surface area contributed by atoms with Gasteiger partial charge in [0, 0.05) is 5.02 Å². The van der Waals surface area contributed by atoms with Gasteiger partial charge in [-0.3, -0.25) is 4.79 Å². The van der Waals surface area contributed by atoms with Gasteiger partial charge in [-0.2, -0.15) is 13.2 Å². The third-order valence-corrected chi connectivity index (χ3v) is 4.03. The summed E-state index contributed by atoms with van der Waals surface area (Å²) in [5.41, 5.74) is 0.347. The molecule has 8 heteroatoms. The van der Waals surface area contributed by atoms with Crippen molar-refractivity contribution in [2.24, 2.45) is 5.92 Å². The fourth-order valence-electron chi connectivity index (χ4n) is 2.61. The van der Waals surface area contributed by atoms with E-state index < -0.39 is 24.2 Å². The molecule has 0 amide bonds. The predicted octanol–water partition coefficient (Wildman–Crippen LogP) is 4.70. The van der Waals surface area contributed by atoms with Crippen LogP contribution in [0.2, 0.25) is 5.02 Å². The number of benzene rings is 2. The third kappa shape index (κ3) is 3.82. The van der Waals surface area contributed by atoms with Gasteiger partial charge in [0.2, 0.25) is 6.10 Å². The standard InChI is InChI=1S/C17H12ClF3O4/c18-10-1-3-11(4-2-10)24-12-5-6-14-9(7-12)8-13(16(22)23)15(25-14)17(19,20)21/h1-7,13,15H,8H2,(H,22,23). The number of hydrogen-bond acceptors (Lipinski definition) is 3. The highest BCUT2D eigenvalue weighted by Crippen LogP contribution is 2.40. The molecule has 0 bridgehead atoms. The van der Waals surface area contributed by atoms with Crippen LogP contribution in [0, 0.1) is 5.92 Å². The summed E-state index contributed by atoms with van der Waals surface area (Å²) in [6, 6.07) is 10.8. The number of carbonyl (C=O) groups is 1. The molecule has 1 aliphatic heterocycles. The van der Waals surface area contributed by atoms with E-state index in [9.17, 15) is 18.0 Å². The molecule has 2 aromatic carbocycles. The van der Waals surface area contributed by atoms with Crippen LogP contribution in [0.5, 0.6) is 17.2 Å². The molecule has 0 saturated heterocycles. The Morgan fingerprint density at radius 3 is 2.40 bits per heavy atom. The summed E-state index contributed by atoms with van der Waals surface area (Å²) < 4.78 is 49.6. The van der Waals surface area contributed by atoms with Crippen molar-refractivity contribution in [1.82, 2.24) is 0 Å². The maximum absolute atomic E-state index is 13.0. The number of hydrogen-bond donors (Lipinski definition) is 1. The Kier molecular flexibility index (Phi) is 4.51. The van der Waals surface area contributed by atoms with E-state index >= 15 is 0 Å². The summed E-state index contributed by atoms with van der Waals surface area (Å²) in [5.74, 6) is -2.41. The Morgan fingerprint density at radius 2 is 1.80 bits per heavy atom. The Labute approximate surface area is 145 Å². The summed E-state index contributed by atoms with van der Waals surface area (Å²) in [6.07, 6.45) is -7.44. The van der Waals surface area contributed by atoms with Crippen LogP contribution in [0.4, 0.5) is 13.2 Å². The van der Waals surface area contributed by atoms with E-state index in [-0.39, 0.29) is 12.2 Å². The first-order valence-corrected chi connectivity index (χ1v) is 7.64. The number of rotatable bonds is 3. The number of fused-ring (bicyclic) bond motifs is 1. The lowest BCUT2D eigenvalue weighted by atomic mass is 9.90. The maximum Gasteiger partial charge on any atom is 0.426 e. The molecule has 2 aromatic rings. The molecule has 0 fully saturated rings. The second-order valence-electron chi connectivity index (χ2n) is 5.55. The van der Waals surface area contributed by atoms with Crippen molar-refractivity contribution in [1.29, 1.82) is 0 Å². The van der Waals surface area contributed by atoms with Crippen LogP contribution in [0.1, 0.15) is 5.56 Å². The van der Waals surface area contributed by atoms with Crippen LogP contribution in [-0.2, 0) is 11.2 Å². The molecule has 0 spiro atoms. The van der Waals surface area contributed by atoms with Gasteiger partial charge >= 0.3 is 12.1 Å². The highest BCUT2D eigenvalue weighted by atomic mass is 35.5. The molecule has 2 atom stereocenters. The zero-order chi connectivity index (χ0) is 18.2. The van der Waals surface area contributed by atoms with E-state index in [2.05, 4.69) is 0 Å². The van der Waals surface area contributed by atoms with Crippen LogP contribution in [0.3, 0.4) is 0 Å². The van der Waals surface area contributed by atoms with Crippen molar-refractivity contribution in [2.45, 2.75) is 18.7 Å². The third-order valence-electron chi connectivity index (χ3n) is 3.78. The molecule has 0 aromatic heterocycles. The molecule has 1 N–H and O–H groups in total. The maximum atomic E-state index is 13.0. The molecule has 4 nitrogen and oxygen atoms in total. The van der Waals surface area contributed by atoms with E-state index in [4.69, 9.17) is 26.2 Å². The highest BCUT2D eigenvalue weighted by molar-refractivity contribution is 6.30. The second kappa shape index (κ2) is 6.48. The Morgan fingerprint density at radius 1 is 1.16 bits per heavy atom. The molecule has 0 saturated carbocycles. The Hall–Kier alpha value is -2.41. The van der Waals surface area contributed by atoms with Gasteiger partial charge in [-0.15, -0.1) is 0 Å². The van der Waals surface area contributed by atoms with Crippen molar-refractivity contribution >= 4 is 17.6 Å². The van der Waals surface area contributed by atoms with Gasteiger partial charge in [0.05, 0.1) is 0 Å². The van der Waals surface area contributed by atoms with Gasteiger partial charge < -0.3 is 14.6 Å². The van der Waals surface area contributed by atoms with Gasteiger partial charge in [-0.05, 0) is 54.4 Å². The highest BCUT2D eigenvalue weighted by Gasteiger charge is 2.52. The van der Waals surface area contributed by atoms with E-state index in [0.717, 1.165) is 0 Å². The molecule has 0 radical (unpaired) electrons. The number of halogens is 4. The van der Waals surface area contributed by atoms with Crippen molar-refractivity contribution in [3.63, 3.8) is 0 Å². The minimum absolute atomic E-state index is 0.00304. The molecular weight excluding hydrogens is 361 g/mol. The molecule has 132 valence electrons. The minimum atomic E-state index is -4.76. The average molecular weight is 373 g/mol. The number of ether oxygens (including phenoxy) is 2. The first kappa shape index (κ1) is 17.4. The Bertz CT molecular complexity index is 789. The van der Waals surface area contributed by atoms with Crippen LogP contribution in [0.25, 0.3) is 0 Å². The first-order valence-electron chi connectivity index (χ1n) is 7.26. The number of aliphatic carboxylic acids is 1. The summed E-state index contributed by atoms with van der Waals surface area (Å²) in [7, 11) is 0. The lowest BCUT2D eigenvalue weighted by Gasteiger charge is -2.32. The van der Waals surface area contributed by atoms with Crippen LogP contribution in [0.15, 0.2) is 42.5 Å². The van der Waals surface area contributed by atoms with Gasteiger partial charge in [-0.1, -0.05) is 11.6 Å². The first-order chi connectivity index (χ1) is 11.7. The molecule has 1 aliphatic rings. The van der Waals surface area contributed by atoms with Gasteiger partial charge in [0.15, 0.2) is 0 Å². The summed E-state index contributed by atoms with van der Waals surface area (Å²) in [6.45, 7) is 0. The van der Waals surface area contributed by atoms with Crippen molar-refractivity contribution in [3.05, 3.63) is 53.1 Å². The zero-order valence-electron chi connectivity index (χ0n) is 12.6. The fourth-order valence-corrected chi connectivity index (χ4v) is 2.73. The van der Waals surface area contributed by atoms with Crippen LogP contribution in [-0.4, -0.2) is 23.4 Å². The van der Waals surface area contributed by atoms with E-state index in [0.29, 0.717) is 22.1 Å². The molecule has 1 heterocycles. The summed E-state index contributed by atoms with van der Waals surface area (Å²) in [5, 5.41) is 9.64. The lowest BCUT2D eigenvalue weighted by molar-refractivity contribution is -0.217. The minimum Gasteiger partial charge on any atom is -0.481 e. The van der Waals surface area contributed by atoms with E-state index in [1.807, 2.05) is 0 Å². The number of carboxylic acids is 1. The van der Waals surface area contributed by atoms with Crippen molar-refractivity contribution < 1.29 is 32.5 Å². The lowest BCUT2D eigenvalue weighted by Crippen LogP contribution is -2.47. The van der Waals surface area contributed by atoms with Gasteiger partial charge in [-0.25, -0.2) is 0 Å². The van der Waals surface area contributed by atoms with Crippen LogP contribution < -0.4 is 9.47 Å². The number of carboxylic acid groups (broad SMARTS) is 1. The molecular formula is C17H12ClF3O4. The molecule has 3 rings (SSSR count). The summed E-state index contributed by atoms with van der Waals surface area (Å²) in [4.78, 5) is 11.2. The molecule has 25 heavy (non-hydrogen) atoms. The monoisotopic (exact) mass is 372 g/mol. The Balaban J connectivity index is 1.87. The quantitative estimate of drug-likeness (QED) is 0.848. The average Bonchev–Trinajstić information content (AvgIpc) is 2.55. The van der Waals surface area contributed by atoms with Crippen molar-refractivity contribution in [3.8, 4) is 17.2 Å². The van der Waals surface area contributed by atoms with Gasteiger partial charge in [0.25, 0.3) is 0 Å². The molecule has 0 aliphatic carbocycles. The van der Waals surface area contributed by atoms with Crippen molar-refractivity contribution in [2.75, 3.05) is 0 Å². The largest absolute Gasteiger partial charge is 0.481 e. The van der Waals surface area contributed by atoms with Gasteiger partial charge in [0.1, 0.15) is 23.2 Å². The van der Waals surface area contributed by atoms with E-state index in [1.54, 1.807) is 24.3 Å². The van der Waals surface area contributed by atoms with E-state index in [1.165, 1.54) is 18.2 Å². The fraction of sp³-hybridized carbons (Fsp3) is 0.235. The van der Waals surface area contributed by atoms with Crippen LogP contribution >= 0.6 is 11.6 Å². The SMILES string of the molecule is O=C(O)C1Cc2cc(Oc3ccc(Cl)cc3)ccc2OC1C(F)(F)F. The summed E-state index contributed by atoms with van der Waals surface area (Å²) >= 11 is 5.79. The smallest absolute Gasteiger partial charge is 0.426 e. The molecule has 2 unspecified atom stereocenters. The zero-order valence-corrected chi connectivity index (χ0v) is 13.3. The second-order valence-corrected chi connectivity index (χ2v) is 5.99. The normalized spacial score (nSPS) is 19.7. The topological polar surface area (TPSA) is 55.8 Å². The number of alkyl halides is 3.